The van der Waals surface area contributed by atoms with E-state index in [0.29, 0.717) is 11.1 Å². The molecule has 0 bridgehead atoms. The zero-order valence-electron chi connectivity index (χ0n) is 7.35. The summed E-state index contributed by atoms with van der Waals surface area (Å²) in [7, 11) is 0. The highest BCUT2D eigenvalue weighted by atomic mass is 35.5. The quantitative estimate of drug-likeness (QED) is 0.715. The smallest absolute Gasteiger partial charge is 0.280 e. The average molecular weight is 237 g/mol. The fourth-order valence-corrected chi connectivity index (χ4v) is 1.45. The number of hydrogen-bond donors (Lipinski definition) is 1. The van der Waals surface area contributed by atoms with E-state index in [2.05, 4.69) is 20.2 Å². The molecule has 0 fully saturated rings. The van der Waals surface area contributed by atoms with Crippen molar-refractivity contribution in [3.05, 3.63) is 16.7 Å². The van der Waals surface area contributed by atoms with E-state index in [-0.39, 0.29) is 10.8 Å². The first-order valence-electron chi connectivity index (χ1n) is 3.85. The average Bonchev–Trinajstić information content (AvgIpc) is 2.46. The third-order valence-corrected chi connectivity index (χ3v) is 2.08. The maximum Gasteiger partial charge on any atom is 0.451 e. The second-order valence-electron chi connectivity index (χ2n) is 2.88. The summed E-state index contributed by atoms with van der Waals surface area (Å²) < 4.78 is 36.8. The van der Waals surface area contributed by atoms with Crippen LogP contribution in [0.5, 0.6) is 0 Å². The Morgan fingerprint density at radius 3 is 2.53 bits per heavy atom. The fourth-order valence-electron chi connectivity index (χ4n) is 1.15. The Morgan fingerprint density at radius 1 is 1.27 bits per heavy atom. The minimum Gasteiger partial charge on any atom is -0.280 e. The lowest BCUT2D eigenvalue weighted by atomic mass is 10.3. The number of fused-ring (bicyclic) bond motifs is 1. The van der Waals surface area contributed by atoms with Crippen LogP contribution in [0.15, 0.2) is 0 Å². The Balaban J connectivity index is 2.74. The Morgan fingerprint density at radius 2 is 1.93 bits per heavy atom. The second kappa shape index (κ2) is 3.06. The Labute approximate surface area is 86.5 Å². The molecule has 80 valence electrons. The van der Waals surface area contributed by atoms with Gasteiger partial charge in [-0.2, -0.15) is 18.3 Å². The van der Waals surface area contributed by atoms with Gasteiger partial charge in [0.2, 0.25) is 5.82 Å². The number of aryl methyl sites for hydroxylation is 1. The maximum absolute atomic E-state index is 12.3. The number of aromatic nitrogens is 4. The van der Waals surface area contributed by atoms with Crippen LogP contribution < -0.4 is 0 Å². The van der Waals surface area contributed by atoms with E-state index in [4.69, 9.17) is 11.6 Å². The van der Waals surface area contributed by atoms with Gasteiger partial charge in [-0.15, -0.1) is 0 Å². The second-order valence-corrected chi connectivity index (χ2v) is 3.24. The predicted molar refractivity (Wildman–Crippen MR) is 46.4 cm³/mol. The van der Waals surface area contributed by atoms with Crippen molar-refractivity contribution in [1.82, 2.24) is 20.2 Å². The van der Waals surface area contributed by atoms with Crippen LogP contribution in [-0.4, -0.2) is 20.2 Å². The van der Waals surface area contributed by atoms with E-state index in [0.717, 1.165) is 0 Å². The fraction of sp³-hybridized carbons (Fsp3) is 0.286. The highest BCUT2D eigenvalue weighted by Crippen LogP contribution is 2.30. The van der Waals surface area contributed by atoms with Gasteiger partial charge in [-0.3, -0.25) is 5.10 Å². The van der Waals surface area contributed by atoms with Crippen LogP contribution in [0, 0.1) is 6.92 Å². The topological polar surface area (TPSA) is 54.5 Å². The molecular formula is C7H4ClF3N4. The molecule has 0 aliphatic rings. The van der Waals surface area contributed by atoms with Gasteiger partial charge in [-0.05, 0) is 6.92 Å². The molecule has 0 unspecified atom stereocenters. The number of alkyl halides is 3. The van der Waals surface area contributed by atoms with Gasteiger partial charge in [0.05, 0.1) is 5.39 Å². The van der Waals surface area contributed by atoms with Gasteiger partial charge >= 0.3 is 6.18 Å². The number of nitrogens with zero attached hydrogens (tertiary/aromatic N) is 3. The zero-order valence-corrected chi connectivity index (χ0v) is 8.11. The van der Waals surface area contributed by atoms with Crippen LogP contribution >= 0.6 is 11.6 Å². The first-order valence-corrected chi connectivity index (χ1v) is 4.23. The minimum atomic E-state index is -4.62. The lowest BCUT2D eigenvalue weighted by Gasteiger charge is -2.04. The molecule has 0 amide bonds. The van der Waals surface area contributed by atoms with Crippen LogP contribution in [0.25, 0.3) is 11.0 Å². The Hall–Kier alpha value is -1.37. The molecule has 2 rings (SSSR count). The van der Waals surface area contributed by atoms with E-state index < -0.39 is 12.0 Å². The van der Waals surface area contributed by atoms with Gasteiger partial charge < -0.3 is 0 Å². The highest BCUT2D eigenvalue weighted by molar-refractivity contribution is 6.34. The van der Waals surface area contributed by atoms with Gasteiger partial charge in [-0.1, -0.05) is 11.6 Å². The summed E-state index contributed by atoms with van der Waals surface area (Å²) in [6.45, 7) is 1.62. The molecule has 2 aromatic rings. The van der Waals surface area contributed by atoms with Crippen LogP contribution in [0.2, 0.25) is 5.15 Å². The number of nitrogens with one attached hydrogen (secondary N) is 1. The zero-order chi connectivity index (χ0) is 11.2. The Kier molecular flexibility index (Phi) is 2.07. The first-order chi connectivity index (χ1) is 6.89. The summed E-state index contributed by atoms with van der Waals surface area (Å²) in [5.74, 6) is -1.29. The third-order valence-electron chi connectivity index (χ3n) is 1.80. The molecule has 1 N–H and O–H groups in total. The van der Waals surface area contributed by atoms with Crippen molar-refractivity contribution in [2.24, 2.45) is 0 Å². The van der Waals surface area contributed by atoms with E-state index in [9.17, 15) is 13.2 Å². The predicted octanol–water partition coefficient (Wildman–Crippen LogP) is 2.33. The number of aromatic amines is 1. The number of rotatable bonds is 0. The van der Waals surface area contributed by atoms with Crippen molar-refractivity contribution in [2.75, 3.05) is 0 Å². The summed E-state index contributed by atoms with van der Waals surface area (Å²) >= 11 is 5.60. The van der Waals surface area contributed by atoms with Crippen molar-refractivity contribution >= 4 is 22.6 Å². The van der Waals surface area contributed by atoms with Crippen LogP contribution in [0.3, 0.4) is 0 Å². The molecule has 0 aliphatic carbocycles. The molecule has 8 heteroatoms. The van der Waals surface area contributed by atoms with Crippen LogP contribution in [0.4, 0.5) is 13.2 Å². The highest BCUT2D eigenvalue weighted by Gasteiger charge is 2.36. The molecule has 4 nitrogen and oxygen atoms in total. The molecule has 0 saturated carbocycles. The molecule has 2 aromatic heterocycles. The van der Waals surface area contributed by atoms with Gasteiger partial charge in [0, 0.05) is 5.69 Å². The molecule has 0 aliphatic heterocycles. The molecule has 15 heavy (non-hydrogen) atoms. The van der Waals surface area contributed by atoms with Crippen LogP contribution in [-0.2, 0) is 6.18 Å². The van der Waals surface area contributed by atoms with Crippen molar-refractivity contribution in [3.8, 4) is 0 Å². The van der Waals surface area contributed by atoms with Gasteiger partial charge in [0.25, 0.3) is 0 Å². The van der Waals surface area contributed by atoms with E-state index in [1.165, 1.54) is 0 Å². The summed E-state index contributed by atoms with van der Waals surface area (Å²) in [6.07, 6.45) is -4.62. The molecule has 0 saturated heterocycles. The molecule has 2 heterocycles. The van der Waals surface area contributed by atoms with Gasteiger partial charge in [-0.25, -0.2) is 9.97 Å². The maximum atomic E-state index is 12.3. The van der Waals surface area contributed by atoms with Crippen molar-refractivity contribution in [3.63, 3.8) is 0 Å². The molecule has 0 radical (unpaired) electrons. The summed E-state index contributed by atoms with van der Waals surface area (Å²) in [6, 6.07) is 0. The lowest BCUT2D eigenvalue weighted by molar-refractivity contribution is -0.144. The van der Waals surface area contributed by atoms with Gasteiger partial charge in [0.1, 0.15) is 5.15 Å². The number of halogens is 4. The number of hydrogen-bond acceptors (Lipinski definition) is 3. The van der Waals surface area contributed by atoms with Crippen molar-refractivity contribution in [2.45, 2.75) is 13.1 Å². The van der Waals surface area contributed by atoms with Crippen LogP contribution in [0.1, 0.15) is 11.5 Å². The van der Waals surface area contributed by atoms with E-state index >= 15 is 0 Å². The molecule has 0 atom stereocenters. The van der Waals surface area contributed by atoms with E-state index in [1.54, 1.807) is 6.92 Å². The Bertz CT molecular complexity index is 519. The summed E-state index contributed by atoms with van der Waals surface area (Å²) in [4.78, 5) is 6.44. The third kappa shape index (κ3) is 1.63. The monoisotopic (exact) mass is 236 g/mol. The first kappa shape index (κ1) is 10.2. The molecule has 0 aromatic carbocycles. The largest absolute Gasteiger partial charge is 0.451 e. The summed E-state index contributed by atoms with van der Waals surface area (Å²) in [5, 5.41) is 6.14. The van der Waals surface area contributed by atoms with E-state index in [1.807, 2.05) is 0 Å². The molecule has 0 spiro atoms. The normalized spacial score (nSPS) is 12.3. The van der Waals surface area contributed by atoms with Gasteiger partial charge in [0.15, 0.2) is 5.65 Å². The van der Waals surface area contributed by atoms with Crippen molar-refractivity contribution in [1.29, 1.82) is 0 Å². The SMILES string of the molecule is Cc1[nH]nc2nc(C(F)(F)F)nc(Cl)c12. The van der Waals surface area contributed by atoms with Crippen molar-refractivity contribution < 1.29 is 13.2 Å². The summed E-state index contributed by atoms with van der Waals surface area (Å²) in [5.41, 5.74) is 0.448. The number of H-pyrrole nitrogens is 1. The lowest BCUT2D eigenvalue weighted by Crippen LogP contribution is -2.11. The molecular weight excluding hydrogens is 233 g/mol. The minimum absolute atomic E-state index is 0.0835. The standard InChI is InChI=1S/C7H4ClF3N4/c1-2-3-4(8)12-6(7(9,10)11)13-5(3)15-14-2/h1H3,(H,12,13,14,15).